The molecule has 30 heavy (non-hydrogen) atoms. The van der Waals surface area contributed by atoms with Gasteiger partial charge in [0.2, 0.25) is 0 Å². The van der Waals surface area contributed by atoms with Crippen LogP contribution < -0.4 is 10.5 Å². The Hall–Kier alpha value is -3.30. The second-order valence-corrected chi connectivity index (χ2v) is 8.30. The molecule has 0 fully saturated rings. The monoisotopic (exact) mass is 439 g/mol. The van der Waals surface area contributed by atoms with Crippen molar-refractivity contribution < 1.29 is 14.3 Å². The Kier molecular flexibility index (Phi) is 5.47. The number of fused-ring (bicyclic) bond motifs is 1. The molecule has 0 saturated heterocycles. The van der Waals surface area contributed by atoms with E-state index >= 15 is 0 Å². The van der Waals surface area contributed by atoms with E-state index in [1.54, 1.807) is 43.4 Å². The van der Waals surface area contributed by atoms with E-state index in [4.69, 9.17) is 4.74 Å². The molecule has 152 valence electrons. The van der Waals surface area contributed by atoms with Crippen LogP contribution in [0.4, 0.5) is 5.69 Å². The molecule has 0 bridgehead atoms. The van der Waals surface area contributed by atoms with Crippen LogP contribution in [0, 0.1) is 6.92 Å². The number of esters is 1. The molecule has 0 aliphatic carbocycles. The lowest BCUT2D eigenvalue weighted by molar-refractivity contribution is 0.0468. The highest BCUT2D eigenvalue weighted by molar-refractivity contribution is 7.15. The number of anilines is 1. The van der Waals surface area contributed by atoms with E-state index in [9.17, 15) is 14.4 Å². The number of para-hydroxylation sites is 1. The Morgan fingerprint density at radius 1 is 1.17 bits per heavy atom. The van der Waals surface area contributed by atoms with Crippen LogP contribution in [0.3, 0.4) is 0 Å². The van der Waals surface area contributed by atoms with Crippen LogP contribution in [0.1, 0.15) is 31.4 Å². The summed E-state index contributed by atoms with van der Waals surface area (Å²) < 4.78 is 6.92. The number of aryl methyl sites for hydroxylation is 1. The number of amides is 1. The van der Waals surface area contributed by atoms with Gasteiger partial charge in [-0.3, -0.25) is 14.0 Å². The molecule has 0 radical (unpaired) electrons. The van der Waals surface area contributed by atoms with Gasteiger partial charge >= 0.3 is 5.97 Å². The molecule has 0 aliphatic rings. The zero-order chi connectivity index (χ0) is 21.3. The van der Waals surface area contributed by atoms with E-state index in [1.165, 1.54) is 38.0 Å². The first-order valence-electron chi connectivity index (χ1n) is 9.00. The summed E-state index contributed by atoms with van der Waals surface area (Å²) in [6.45, 7) is 1.69. The van der Waals surface area contributed by atoms with Crippen LogP contribution in [-0.4, -0.2) is 28.3 Å². The summed E-state index contributed by atoms with van der Waals surface area (Å²) in [4.78, 5) is 44.6. The van der Waals surface area contributed by atoms with Gasteiger partial charge in [-0.2, -0.15) is 0 Å². The maximum absolute atomic E-state index is 12.7. The summed E-state index contributed by atoms with van der Waals surface area (Å²) in [6.07, 6.45) is 0. The Bertz CT molecular complexity index is 1290. The summed E-state index contributed by atoms with van der Waals surface area (Å²) >= 11 is 2.68. The molecule has 1 aromatic carbocycles. The van der Waals surface area contributed by atoms with E-state index in [0.29, 0.717) is 21.2 Å². The van der Waals surface area contributed by atoms with Crippen LogP contribution in [0.15, 0.2) is 58.0 Å². The fourth-order valence-electron chi connectivity index (χ4n) is 3.01. The van der Waals surface area contributed by atoms with Gasteiger partial charge in [-0.05, 0) is 30.5 Å². The van der Waals surface area contributed by atoms with Crippen LogP contribution in [0.25, 0.3) is 4.96 Å². The first-order chi connectivity index (χ1) is 14.5. The van der Waals surface area contributed by atoms with Gasteiger partial charge in [0, 0.05) is 24.2 Å². The maximum Gasteiger partial charge on any atom is 0.340 e. The molecule has 0 atom stereocenters. The Morgan fingerprint density at radius 2 is 1.97 bits per heavy atom. The molecule has 3 heterocycles. The molecule has 0 N–H and O–H groups in total. The third-order valence-corrected chi connectivity index (χ3v) is 6.30. The molecule has 9 heteroatoms. The molecule has 0 unspecified atom stereocenters. The lowest BCUT2D eigenvalue weighted by atomic mass is 10.1. The molecule has 4 aromatic rings. The fourth-order valence-corrected chi connectivity index (χ4v) is 4.60. The molecule has 1 amide bonds. The van der Waals surface area contributed by atoms with Crippen LogP contribution >= 0.6 is 22.7 Å². The standard InChI is InChI=1S/C21H17N3O4S2/c1-13-12-30-21-22-14(10-18(25)24(13)21)11-28-20(27)15-6-3-4-7-16(15)23(2)19(26)17-8-5-9-29-17/h3-10,12H,11H2,1-2H3. The number of benzene rings is 1. The number of hydrogen-bond acceptors (Lipinski definition) is 7. The van der Waals surface area contributed by atoms with E-state index in [-0.39, 0.29) is 23.6 Å². The van der Waals surface area contributed by atoms with Gasteiger partial charge in [0.1, 0.15) is 6.61 Å². The second kappa shape index (κ2) is 8.21. The predicted molar refractivity (Wildman–Crippen MR) is 117 cm³/mol. The normalized spacial score (nSPS) is 10.9. The third-order valence-electron chi connectivity index (χ3n) is 4.50. The molecule has 0 spiro atoms. The number of thiophene rings is 1. The lowest BCUT2D eigenvalue weighted by Crippen LogP contribution is -2.27. The first-order valence-corrected chi connectivity index (χ1v) is 10.8. The number of thiazole rings is 1. The first kappa shape index (κ1) is 20.0. The van der Waals surface area contributed by atoms with E-state index in [2.05, 4.69) is 4.98 Å². The zero-order valence-corrected chi connectivity index (χ0v) is 17.8. The topological polar surface area (TPSA) is 81.0 Å². The second-order valence-electron chi connectivity index (χ2n) is 6.52. The summed E-state index contributed by atoms with van der Waals surface area (Å²) in [5.74, 6) is -0.806. The van der Waals surface area contributed by atoms with E-state index < -0.39 is 5.97 Å². The number of ether oxygens (including phenoxy) is 1. The number of carbonyl (C=O) groups excluding carboxylic acids is 2. The number of nitrogens with zero attached hydrogens (tertiary/aromatic N) is 3. The van der Waals surface area contributed by atoms with Crippen molar-refractivity contribution in [3.05, 3.63) is 85.4 Å². The quantitative estimate of drug-likeness (QED) is 0.442. The number of carbonyl (C=O) groups is 2. The van der Waals surface area contributed by atoms with Gasteiger partial charge in [0.15, 0.2) is 4.96 Å². The van der Waals surface area contributed by atoms with Gasteiger partial charge in [0.25, 0.3) is 11.5 Å². The Morgan fingerprint density at radius 3 is 2.73 bits per heavy atom. The minimum atomic E-state index is -0.596. The van der Waals surface area contributed by atoms with Crippen LogP contribution in [0.5, 0.6) is 0 Å². The third kappa shape index (κ3) is 3.77. The van der Waals surface area contributed by atoms with Crippen molar-refractivity contribution in [1.29, 1.82) is 0 Å². The highest BCUT2D eigenvalue weighted by Gasteiger charge is 2.21. The van der Waals surface area contributed by atoms with Crippen molar-refractivity contribution in [3.63, 3.8) is 0 Å². The number of rotatable bonds is 5. The maximum atomic E-state index is 12.7. The van der Waals surface area contributed by atoms with Gasteiger partial charge in [0.05, 0.1) is 21.8 Å². The number of hydrogen-bond donors (Lipinski definition) is 0. The van der Waals surface area contributed by atoms with Gasteiger partial charge in [-0.15, -0.1) is 22.7 Å². The van der Waals surface area contributed by atoms with Crippen molar-refractivity contribution in [2.45, 2.75) is 13.5 Å². The van der Waals surface area contributed by atoms with Crippen molar-refractivity contribution in [1.82, 2.24) is 9.38 Å². The van der Waals surface area contributed by atoms with Crippen molar-refractivity contribution in [2.75, 3.05) is 11.9 Å². The molecule has 0 aliphatic heterocycles. The minimum Gasteiger partial charge on any atom is -0.456 e. The summed E-state index contributed by atoms with van der Waals surface area (Å²) in [6, 6.07) is 11.6. The minimum absolute atomic E-state index is 0.140. The molecule has 7 nitrogen and oxygen atoms in total. The molecule has 4 rings (SSSR count). The summed E-state index contributed by atoms with van der Waals surface area (Å²) in [5.41, 5.74) is 1.67. The van der Waals surface area contributed by atoms with Crippen LogP contribution in [-0.2, 0) is 11.3 Å². The lowest BCUT2D eigenvalue weighted by Gasteiger charge is -2.19. The van der Waals surface area contributed by atoms with Crippen molar-refractivity contribution >= 4 is 45.2 Å². The molecule has 0 saturated carbocycles. The fraction of sp³-hybridized carbons (Fsp3) is 0.143. The smallest absolute Gasteiger partial charge is 0.340 e. The van der Waals surface area contributed by atoms with Crippen molar-refractivity contribution in [3.8, 4) is 0 Å². The molecule has 3 aromatic heterocycles. The SMILES string of the molecule is Cc1csc2nc(COC(=O)c3ccccc3N(C)C(=O)c3cccs3)cc(=O)n12. The molecular weight excluding hydrogens is 422 g/mol. The van der Waals surface area contributed by atoms with Gasteiger partial charge in [-0.25, -0.2) is 9.78 Å². The highest BCUT2D eigenvalue weighted by Crippen LogP contribution is 2.23. The largest absolute Gasteiger partial charge is 0.456 e. The highest BCUT2D eigenvalue weighted by atomic mass is 32.1. The average molecular weight is 440 g/mol. The van der Waals surface area contributed by atoms with Gasteiger partial charge in [-0.1, -0.05) is 18.2 Å². The van der Waals surface area contributed by atoms with Crippen molar-refractivity contribution in [2.24, 2.45) is 0 Å². The summed E-state index contributed by atoms with van der Waals surface area (Å²) in [7, 11) is 1.61. The Labute approximate surface area is 179 Å². The average Bonchev–Trinajstić information content (AvgIpc) is 3.41. The number of aromatic nitrogens is 2. The zero-order valence-electron chi connectivity index (χ0n) is 16.2. The van der Waals surface area contributed by atoms with Gasteiger partial charge < -0.3 is 9.64 Å². The predicted octanol–water partition coefficient (Wildman–Crippen LogP) is 3.76. The Balaban J connectivity index is 1.54. The van der Waals surface area contributed by atoms with E-state index in [1.807, 2.05) is 17.7 Å². The van der Waals surface area contributed by atoms with E-state index in [0.717, 1.165) is 5.69 Å². The summed E-state index contributed by atoms with van der Waals surface area (Å²) in [5, 5.41) is 3.67. The molecular formula is C21H17N3O4S2. The van der Waals surface area contributed by atoms with Crippen LogP contribution in [0.2, 0.25) is 0 Å².